The van der Waals surface area contributed by atoms with Crippen LogP contribution in [0.4, 0.5) is 0 Å². The molecule has 0 saturated carbocycles. The Hall–Kier alpha value is -1.60. The van der Waals surface area contributed by atoms with Crippen LogP contribution >= 0.6 is 24.0 Å². The summed E-state index contributed by atoms with van der Waals surface area (Å²) in [7, 11) is 0. The van der Waals surface area contributed by atoms with Crippen LogP contribution in [0.3, 0.4) is 0 Å². The van der Waals surface area contributed by atoms with E-state index in [1.807, 2.05) is 19.1 Å². The minimum absolute atomic E-state index is 0.307. The molecule has 112 valence electrons. The molecule has 7 heteroatoms. The highest BCUT2D eigenvalue weighted by molar-refractivity contribution is 8.26. The Balaban J connectivity index is 2.22. The topological polar surface area (TPSA) is 73.4 Å². The van der Waals surface area contributed by atoms with E-state index in [1.165, 1.54) is 4.90 Å². The van der Waals surface area contributed by atoms with Gasteiger partial charge in [-0.25, -0.2) is 4.79 Å². The number of carbonyl (C=O) groups is 2. The second-order valence-electron chi connectivity index (χ2n) is 4.67. The van der Waals surface area contributed by atoms with Crippen molar-refractivity contribution in [3.05, 3.63) is 28.9 Å². The maximum Gasteiger partial charge on any atom is 0.326 e. The highest BCUT2D eigenvalue weighted by Gasteiger charge is 2.40. The lowest BCUT2D eigenvalue weighted by Crippen LogP contribution is -2.43. The van der Waals surface area contributed by atoms with Crippen molar-refractivity contribution in [2.45, 2.75) is 32.2 Å². The molecule has 0 aromatic carbocycles. The van der Waals surface area contributed by atoms with Crippen molar-refractivity contribution in [3.8, 4) is 0 Å². The lowest BCUT2D eigenvalue weighted by Gasteiger charge is -2.22. The van der Waals surface area contributed by atoms with Crippen molar-refractivity contribution in [2.24, 2.45) is 0 Å². The number of nitrogens with one attached hydrogen (secondary N) is 1. The van der Waals surface area contributed by atoms with Crippen LogP contribution in [-0.4, -0.2) is 37.2 Å². The number of amides is 1. The van der Waals surface area contributed by atoms with Crippen LogP contribution in [0.2, 0.25) is 0 Å². The molecule has 1 aromatic heterocycles. The summed E-state index contributed by atoms with van der Waals surface area (Å²) in [6, 6.07) is 2.78. The molecule has 1 aliphatic heterocycles. The van der Waals surface area contributed by atoms with Gasteiger partial charge in [0.2, 0.25) is 0 Å². The normalized spacial score (nSPS) is 18.5. The summed E-state index contributed by atoms with van der Waals surface area (Å²) < 4.78 is 0.307. The van der Waals surface area contributed by atoms with Gasteiger partial charge >= 0.3 is 5.97 Å². The summed E-state index contributed by atoms with van der Waals surface area (Å²) >= 11 is 6.33. The molecule has 0 spiro atoms. The summed E-state index contributed by atoms with van der Waals surface area (Å²) in [6.45, 7) is 1.98. The average molecular weight is 324 g/mol. The van der Waals surface area contributed by atoms with E-state index in [-0.39, 0.29) is 5.91 Å². The molecular formula is C14H16N2O3S2. The number of aliphatic carboxylic acids is 1. The number of nitrogens with zero attached hydrogens (tertiary/aromatic N) is 1. The zero-order chi connectivity index (χ0) is 15.4. The zero-order valence-electron chi connectivity index (χ0n) is 11.5. The van der Waals surface area contributed by atoms with Gasteiger partial charge in [0.1, 0.15) is 10.4 Å². The van der Waals surface area contributed by atoms with Crippen LogP contribution in [0.1, 0.15) is 31.9 Å². The Morgan fingerprint density at radius 2 is 2.38 bits per heavy atom. The van der Waals surface area contributed by atoms with Crippen molar-refractivity contribution in [1.29, 1.82) is 0 Å². The number of aromatic nitrogens is 1. The highest BCUT2D eigenvalue weighted by Crippen LogP contribution is 2.34. The second-order valence-corrected chi connectivity index (χ2v) is 6.35. The zero-order valence-corrected chi connectivity index (χ0v) is 13.2. The van der Waals surface area contributed by atoms with Gasteiger partial charge in [0.15, 0.2) is 0 Å². The monoisotopic (exact) mass is 324 g/mol. The predicted molar refractivity (Wildman–Crippen MR) is 86.8 cm³/mol. The Bertz CT molecular complexity index is 581. The number of H-pyrrole nitrogens is 1. The Morgan fingerprint density at radius 1 is 1.62 bits per heavy atom. The first-order valence-corrected chi connectivity index (χ1v) is 7.90. The second kappa shape index (κ2) is 6.91. The molecule has 1 aliphatic rings. The number of thiocarbonyl (C=S) groups is 1. The minimum Gasteiger partial charge on any atom is -0.480 e. The molecule has 0 aliphatic carbocycles. The molecule has 2 rings (SSSR count). The van der Waals surface area contributed by atoms with E-state index in [4.69, 9.17) is 12.2 Å². The Labute approximate surface area is 132 Å². The van der Waals surface area contributed by atoms with E-state index >= 15 is 0 Å². The van der Waals surface area contributed by atoms with E-state index in [1.54, 1.807) is 12.3 Å². The molecule has 1 aromatic rings. The quantitative estimate of drug-likeness (QED) is 0.622. The number of carboxylic acids is 1. The molecular weight excluding hydrogens is 308 g/mol. The van der Waals surface area contributed by atoms with Crippen molar-refractivity contribution in [1.82, 2.24) is 9.88 Å². The molecule has 1 amide bonds. The molecule has 21 heavy (non-hydrogen) atoms. The van der Waals surface area contributed by atoms with Gasteiger partial charge in [-0.15, -0.1) is 0 Å². The first-order valence-electron chi connectivity index (χ1n) is 6.68. The fourth-order valence-electron chi connectivity index (χ4n) is 2.08. The molecule has 2 N–H and O–H groups in total. The third-order valence-electron chi connectivity index (χ3n) is 3.16. The van der Waals surface area contributed by atoms with E-state index in [2.05, 4.69) is 4.98 Å². The minimum atomic E-state index is -1.01. The molecule has 0 radical (unpaired) electrons. The summed E-state index contributed by atoms with van der Waals surface area (Å²) in [6.07, 6.45) is 5.47. The number of carboxylic acid groups (broad SMARTS) is 1. The first-order chi connectivity index (χ1) is 10.0. The predicted octanol–water partition coefficient (Wildman–Crippen LogP) is 2.86. The summed E-state index contributed by atoms with van der Waals surface area (Å²) in [4.78, 5) is 28.5. The maximum absolute atomic E-state index is 12.4. The average Bonchev–Trinajstić information content (AvgIpc) is 3.02. The number of hydrogen-bond donors (Lipinski definition) is 2. The smallest absolute Gasteiger partial charge is 0.326 e. The maximum atomic E-state index is 12.4. The number of aromatic amines is 1. The molecule has 2 heterocycles. The Morgan fingerprint density at radius 3 is 2.95 bits per heavy atom. The fraction of sp³-hybridized carbons (Fsp3) is 0.357. The van der Waals surface area contributed by atoms with Crippen molar-refractivity contribution in [3.63, 3.8) is 0 Å². The van der Waals surface area contributed by atoms with Gasteiger partial charge in [-0.05, 0) is 24.6 Å². The van der Waals surface area contributed by atoms with Crippen LogP contribution in [0.5, 0.6) is 0 Å². The van der Waals surface area contributed by atoms with Crippen molar-refractivity contribution < 1.29 is 14.7 Å². The van der Waals surface area contributed by atoms with E-state index < -0.39 is 12.0 Å². The van der Waals surface area contributed by atoms with E-state index in [0.29, 0.717) is 15.6 Å². The SMILES string of the molecule is CCCCC(C(=O)O)N1C(=O)/C(=C\c2ccc[nH]2)SC1=S. The van der Waals surface area contributed by atoms with Crippen LogP contribution in [0, 0.1) is 0 Å². The number of rotatable bonds is 6. The lowest BCUT2D eigenvalue weighted by molar-refractivity contribution is -0.145. The summed E-state index contributed by atoms with van der Waals surface area (Å²) in [5.74, 6) is -1.34. The standard InChI is InChI=1S/C14H16N2O3S2/c1-2-3-6-10(13(18)19)16-12(17)11(21-14(16)20)8-9-5-4-7-15-9/h4-5,7-8,10,15H,2-3,6H2,1H3,(H,18,19)/b11-8+. The summed E-state index contributed by atoms with van der Waals surface area (Å²) in [5.41, 5.74) is 0.788. The molecule has 1 unspecified atom stereocenters. The molecule has 5 nitrogen and oxygen atoms in total. The van der Waals surface area contributed by atoms with Gasteiger partial charge in [-0.3, -0.25) is 9.69 Å². The van der Waals surface area contributed by atoms with Gasteiger partial charge < -0.3 is 10.1 Å². The number of hydrogen-bond acceptors (Lipinski definition) is 4. The third kappa shape index (κ3) is 3.54. The molecule has 1 fully saturated rings. The largest absolute Gasteiger partial charge is 0.480 e. The molecule has 0 bridgehead atoms. The summed E-state index contributed by atoms with van der Waals surface area (Å²) in [5, 5.41) is 9.35. The van der Waals surface area contributed by atoms with E-state index in [9.17, 15) is 14.7 Å². The Kier molecular flexibility index (Phi) is 5.19. The van der Waals surface area contributed by atoms with Gasteiger partial charge in [0, 0.05) is 11.9 Å². The highest BCUT2D eigenvalue weighted by atomic mass is 32.2. The third-order valence-corrected chi connectivity index (χ3v) is 4.49. The molecule has 1 saturated heterocycles. The van der Waals surface area contributed by atoms with Crippen LogP contribution in [0.15, 0.2) is 23.2 Å². The van der Waals surface area contributed by atoms with Gasteiger partial charge in [-0.1, -0.05) is 43.7 Å². The van der Waals surface area contributed by atoms with E-state index in [0.717, 1.165) is 30.3 Å². The van der Waals surface area contributed by atoms with Gasteiger partial charge in [0.05, 0.1) is 4.91 Å². The fourth-order valence-corrected chi connectivity index (χ4v) is 3.43. The number of unbranched alkanes of at least 4 members (excludes halogenated alkanes) is 1. The van der Waals surface area contributed by atoms with Crippen molar-refractivity contribution >= 4 is 46.3 Å². The molecule has 1 atom stereocenters. The number of thioether (sulfide) groups is 1. The van der Waals surface area contributed by atoms with Crippen LogP contribution in [-0.2, 0) is 9.59 Å². The van der Waals surface area contributed by atoms with Gasteiger partial charge in [-0.2, -0.15) is 0 Å². The lowest BCUT2D eigenvalue weighted by atomic mass is 10.1. The van der Waals surface area contributed by atoms with Gasteiger partial charge in [0.25, 0.3) is 5.91 Å². The number of carbonyl (C=O) groups excluding carboxylic acids is 1. The van der Waals surface area contributed by atoms with Crippen molar-refractivity contribution in [2.75, 3.05) is 0 Å². The van der Waals surface area contributed by atoms with Crippen LogP contribution in [0.25, 0.3) is 6.08 Å². The van der Waals surface area contributed by atoms with Crippen LogP contribution < -0.4 is 0 Å². The first kappa shape index (κ1) is 15.8.